The van der Waals surface area contributed by atoms with Crippen LogP contribution >= 0.6 is 0 Å². The van der Waals surface area contributed by atoms with Crippen LogP contribution in [0.4, 0.5) is 20.5 Å². The second-order valence-electron chi connectivity index (χ2n) is 6.85. The first-order valence-electron chi connectivity index (χ1n) is 9.17. The maximum Gasteiger partial charge on any atom is 0.266 e. The van der Waals surface area contributed by atoms with Crippen molar-refractivity contribution in [3.05, 3.63) is 59.1 Å². The van der Waals surface area contributed by atoms with E-state index in [1.807, 2.05) is 11.8 Å². The Kier molecular flexibility index (Phi) is 5.17. The Morgan fingerprint density at radius 1 is 1.17 bits per heavy atom. The molecule has 1 aliphatic heterocycles. The topological polar surface area (TPSA) is 102 Å². The van der Waals surface area contributed by atoms with Crippen molar-refractivity contribution < 1.29 is 13.6 Å². The quantitative estimate of drug-likeness (QED) is 0.701. The summed E-state index contributed by atoms with van der Waals surface area (Å²) in [6.07, 6.45) is 3.67. The Balaban J connectivity index is 1.51. The number of nitrogens with zero attached hydrogens (tertiary/aromatic N) is 7. The SMILES string of the molecule is CC1=C(c2cnc(NC(=O)c3c(F)cccc3F)cn2)CN(c2nnn(C)n2)CC1. The molecule has 154 valence electrons. The predicted octanol–water partition coefficient (Wildman–Crippen LogP) is 2.21. The number of carbonyl (C=O) groups is 1. The van der Waals surface area contributed by atoms with E-state index >= 15 is 0 Å². The van der Waals surface area contributed by atoms with Crippen LogP contribution in [-0.4, -0.2) is 49.2 Å². The van der Waals surface area contributed by atoms with Crippen LogP contribution in [0.15, 0.2) is 36.2 Å². The van der Waals surface area contributed by atoms with Crippen molar-refractivity contribution >= 4 is 23.2 Å². The largest absolute Gasteiger partial charge is 0.333 e. The highest BCUT2D eigenvalue weighted by atomic mass is 19.1. The van der Waals surface area contributed by atoms with Crippen molar-refractivity contribution in [2.75, 3.05) is 23.3 Å². The molecule has 0 saturated carbocycles. The minimum absolute atomic E-state index is 0.0907. The van der Waals surface area contributed by atoms with Crippen molar-refractivity contribution in [3.63, 3.8) is 0 Å². The lowest BCUT2D eigenvalue weighted by atomic mass is 9.99. The predicted molar refractivity (Wildman–Crippen MR) is 105 cm³/mol. The minimum atomic E-state index is -0.947. The van der Waals surface area contributed by atoms with Gasteiger partial charge in [0.05, 0.1) is 25.1 Å². The molecule has 1 N–H and O–H groups in total. The molecule has 2 aromatic heterocycles. The number of anilines is 2. The van der Waals surface area contributed by atoms with E-state index in [1.54, 1.807) is 7.05 Å². The highest BCUT2D eigenvalue weighted by molar-refractivity contribution is 6.04. The molecule has 9 nitrogen and oxygen atoms in total. The molecule has 0 radical (unpaired) electrons. The van der Waals surface area contributed by atoms with E-state index in [9.17, 15) is 13.6 Å². The summed E-state index contributed by atoms with van der Waals surface area (Å²) in [5.74, 6) is -2.20. The van der Waals surface area contributed by atoms with E-state index in [2.05, 4.69) is 30.7 Å². The molecule has 0 atom stereocenters. The van der Waals surface area contributed by atoms with Crippen molar-refractivity contribution in [2.24, 2.45) is 7.05 Å². The zero-order chi connectivity index (χ0) is 21.3. The van der Waals surface area contributed by atoms with Gasteiger partial charge in [-0.2, -0.15) is 4.80 Å². The van der Waals surface area contributed by atoms with Crippen LogP contribution < -0.4 is 10.2 Å². The van der Waals surface area contributed by atoms with Crippen LogP contribution in [0.2, 0.25) is 0 Å². The van der Waals surface area contributed by atoms with E-state index < -0.39 is 23.1 Å². The zero-order valence-corrected chi connectivity index (χ0v) is 16.3. The smallest absolute Gasteiger partial charge is 0.266 e. The van der Waals surface area contributed by atoms with Gasteiger partial charge in [0.15, 0.2) is 5.82 Å². The number of aryl methyl sites for hydroxylation is 1. The third-order valence-electron chi connectivity index (χ3n) is 4.79. The lowest BCUT2D eigenvalue weighted by Gasteiger charge is -2.28. The summed E-state index contributed by atoms with van der Waals surface area (Å²) in [4.78, 5) is 24.1. The molecule has 0 fully saturated rings. The van der Waals surface area contributed by atoms with Crippen molar-refractivity contribution in [1.82, 2.24) is 30.2 Å². The molecule has 11 heteroatoms. The van der Waals surface area contributed by atoms with Crippen LogP contribution in [0, 0.1) is 11.6 Å². The number of rotatable bonds is 4. The van der Waals surface area contributed by atoms with Crippen LogP contribution in [0.1, 0.15) is 29.4 Å². The fourth-order valence-corrected chi connectivity index (χ4v) is 3.17. The number of nitrogens with one attached hydrogen (secondary N) is 1. The number of amides is 1. The first kappa shape index (κ1) is 19.6. The van der Waals surface area contributed by atoms with Crippen LogP contribution in [-0.2, 0) is 7.05 Å². The van der Waals surface area contributed by atoms with Gasteiger partial charge in [-0.15, -0.1) is 5.10 Å². The highest BCUT2D eigenvalue weighted by Gasteiger charge is 2.22. The monoisotopic (exact) mass is 412 g/mol. The summed E-state index contributed by atoms with van der Waals surface area (Å²) in [6.45, 7) is 3.32. The summed E-state index contributed by atoms with van der Waals surface area (Å²) in [6, 6.07) is 3.22. The number of tetrazole rings is 1. The maximum atomic E-state index is 13.8. The Hall–Kier alpha value is -3.76. The summed E-state index contributed by atoms with van der Waals surface area (Å²) < 4.78 is 27.5. The average Bonchev–Trinajstić information content (AvgIpc) is 3.15. The van der Waals surface area contributed by atoms with Crippen LogP contribution in [0.25, 0.3) is 5.57 Å². The maximum absolute atomic E-state index is 13.8. The van der Waals surface area contributed by atoms with E-state index in [-0.39, 0.29) is 5.82 Å². The Labute approximate surface area is 170 Å². The first-order chi connectivity index (χ1) is 14.4. The van der Waals surface area contributed by atoms with Gasteiger partial charge in [0, 0.05) is 13.1 Å². The second-order valence-corrected chi connectivity index (χ2v) is 6.85. The summed E-state index contributed by atoms with van der Waals surface area (Å²) in [7, 11) is 1.70. The molecule has 4 rings (SSSR count). The van der Waals surface area contributed by atoms with Crippen molar-refractivity contribution in [1.29, 1.82) is 0 Å². The molecular formula is C19H18F2N8O. The van der Waals surface area contributed by atoms with E-state index in [0.29, 0.717) is 18.2 Å². The number of hydrogen-bond donors (Lipinski definition) is 1. The van der Waals surface area contributed by atoms with E-state index in [0.717, 1.165) is 36.2 Å². The van der Waals surface area contributed by atoms with Gasteiger partial charge in [-0.1, -0.05) is 16.7 Å². The van der Waals surface area contributed by atoms with Gasteiger partial charge < -0.3 is 10.2 Å². The second kappa shape index (κ2) is 7.93. The summed E-state index contributed by atoms with van der Waals surface area (Å²) >= 11 is 0. The van der Waals surface area contributed by atoms with Gasteiger partial charge in [-0.25, -0.2) is 13.8 Å². The lowest BCUT2D eigenvalue weighted by molar-refractivity contribution is 0.101. The summed E-state index contributed by atoms with van der Waals surface area (Å²) in [5.41, 5.74) is 2.10. The average molecular weight is 412 g/mol. The molecule has 1 aliphatic rings. The fraction of sp³-hybridized carbons (Fsp3) is 0.263. The molecule has 3 heterocycles. The molecule has 30 heavy (non-hydrogen) atoms. The highest BCUT2D eigenvalue weighted by Crippen LogP contribution is 2.27. The number of aromatic nitrogens is 6. The van der Waals surface area contributed by atoms with Gasteiger partial charge in [0.25, 0.3) is 11.9 Å². The molecule has 0 saturated heterocycles. The molecule has 3 aromatic rings. The van der Waals surface area contributed by atoms with Crippen LogP contribution in [0.3, 0.4) is 0 Å². The lowest BCUT2D eigenvalue weighted by Crippen LogP contribution is -2.32. The molecule has 1 aromatic carbocycles. The zero-order valence-electron chi connectivity index (χ0n) is 16.3. The van der Waals surface area contributed by atoms with Gasteiger partial charge in [0.1, 0.15) is 17.2 Å². The van der Waals surface area contributed by atoms with Gasteiger partial charge in [-0.05, 0) is 36.3 Å². The molecule has 1 amide bonds. The third kappa shape index (κ3) is 3.86. The van der Waals surface area contributed by atoms with Crippen LogP contribution in [0.5, 0.6) is 0 Å². The molecular weight excluding hydrogens is 394 g/mol. The van der Waals surface area contributed by atoms with E-state index in [1.165, 1.54) is 23.3 Å². The van der Waals surface area contributed by atoms with Gasteiger partial charge in [-0.3, -0.25) is 9.78 Å². The molecule has 0 aliphatic carbocycles. The number of carbonyl (C=O) groups excluding carboxylic acids is 1. The number of benzene rings is 1. The molecule has 0 spiro atoms. The minimum Gasteiger partial charge on any atom is -0.333 e. The van der Waals surface area contributed by atoms with Gasteiger partial charge in [0.2, 0.25) is 0 Å². The van der Waals surface area contributed by atoms with Gasteiger partial charge >= 0.3 is 0 Å². The Morgan fingerprint density at radius 2 is 1.93 bits per heavy atom. The standard InChI is InChI=1S/C19H18F2N8O/c1-11-6-7-29(19-25-27-28(2)26-19)10-12(11)15-8-23-16(9-22-15)24-18(30)17-13(20)4-3-5-14(17)21/h3-5,8-9H,6-7,10H2,1-2H3,(H,23,24,30). The fourth-order valence-electron chi connectivity index (χ4n) is 3.17. The summed E-state index contributed by atoms with van der Waals surface area (Å²) in [5, 5.41) is 14.5. The third-order valence-corrected chi connectivity index (χ3v) is 4.79. The van der Waals surface area contributed by atoms with Crippen molar-refractivity contribution in [2.45, 2.75) is 13.3 Å². The first-order valence-corrected chi connectivity index (χ1v) is 9.17. The number of hydrogen-bond acceptors (Lipinski definition) is 7. The van der Waals surface area contributed by atoms with E-state index in [4.69, 9.17) is 0 Å². The molecule has 0 bridgehead atoms. The Bertz CT molecular complexity index is 1110. The Morgan fingerprint density at radius 3 is 2.57 bits per heavy atom. The molecule has 0 unspecified atom stereocenters. The normalized spacial score (nSPS) is 14.2. The number of halogens is 2. The van der Waals surface area contributed by atoms with Crippen molar-refractivity contribution in [3.8, 4) is 0 Å².